The predicted molar refractivity (Wildman–Crippen MR) is 87.5 cm³/mol. The van der Waals surface area contributed by atoms with Crippen LogP contribution in [0.3, 0.4) is 0 Å². The molecule has 2 aromatic rings. The van der Waals surface area contributed by atoms with Crippen LogP contribution in [0.25, 0.3) is 0 Å². The first-order chi connectivity index (χ1) is 11.4. The van der Waals surface area contributed by atoms with Gasteiger partial charge in [-0.1, -0.05) is 12.1 Å². The van der Waals surface area contributed by atoms with Gasteiger partial charge in [-0.05, 0) is 37.1 Å². The summed E-state index contributed by atoms with van der Waals surface area (Å²) in [5, 5.41) is 13.6. The number of amides is 1. The summed E-state index contributed by atoms with van der Waals surface area (Å²) < 4.78 is 5.06. The average molecular weight is 331 g/mol. The van der Waals surface area contributed by atoms with E-state index in [4.69, 9.17) is 4.74 Å². The molecule has 0 fully saturated rings. The van der Waals surface area contributed by atoms with Crippen LogP contribution in [0.15, 0.2) is 35.1 Å². The first kappa shape index (κ1) is 17.2. The van der Waals surface area contributed by atoms with Crippen molar-refractivity contribution in [1.82, 2.24) is 10.3 Å². The molecule has 0 atom stereocenters. The number of carbonyl (C=O) groups excluding carboxylic acids is 1. The number of aromatic amines is 1. The first-order valence-electron chi connectivity index (χ1n) is 7.22. The van der Waals surface area contributed by atoms with E-state index in [1.165, 1.54) is 6.07 Å². The Morgan fingerprint density at radius 3 is 2.58 bits per heavy atom. The molecule has 0 aliphatic heterocycles. The van der Waals surface area contributed by atoms with Crippen LogP contribution in [-0.4, -0.2) is 29.5 Å². The molecule has 8 nitrogen and oxygen atoms in total. The summed E-state index contributed by atoms with van der Waals surface area (Å²) >= 11 is 0. The summed E-state index contributed by atoms with van der Waals surface area (Å²) in [7, 11) is 1.58. The second-order valence-corrected chi connectivity index (χ2v) is 5.15. The number of carbonyl (C=O) groups is 1. The number of pyridine rings is 1. The molecule has 1 heterocycles. The quantitative estimate of drug-likeness (QED) is 0.616. The van der Waals surface area contributed by atoms with Crippen molar-refractivity contribution in [3.05, 3.63) is 67.6 Å². The summed E-state index contributed by atoms with van der Waals surface area (Å²) in [6.45, 7) is 1.84. The maximum Gasteiger partial charge on any atom is 0.346 e. The molecule has 0 spiro atoms. The number of nitrogens with one attached hydrogen (secondary N) is 2. The van der Waals surface area contributed by atoms with Gasteiger partial charge < -0.3 is 15.0 Å². The Labute approximate surface area is 137 Å². The number of nitrogens with zero attached hydrogens (tertiary/aromatic N) is 1. The standard InChI is InChI=1S/C16H17N3O5/c1-10-9-13(14(19(22)23)16(21)18-10)15(20)17-8-7-11-3-5-12(24-2)6-4-11/h3-6,9H,7-8H2,1-2H3,(H,17,20)(H,18,21). The molecular formula is C16H17N3O5. The van der Waals surface area contributed by atoms with E-state index in [9.17, 15) is 19.7 Å². The summed E-state index contributed by atoms with van der Waals surface area (Å²) in [6.07, 6.45) is 0.547. The van der Waals surface area contributed by atoms with Gasteiger partial charge in [0, 0.05) is 12.2 Å². The first-order valence-corrected chi connectivity index (χ1v) is 7.22. The van der Waals surface area contributed by atoms with E-state index < -0.39 is 22.1 Å². The number of rotatable bonds is 6. The van der Waals surface area contributed by atoms with Gasteiger partial charge in [0.05, 0.1) is 12.0 Å². The molecule has 0 unspecified atom stereocenters. The van der Waals surface area contributed by atoms with Crippen LogP contribution in [0.2, 0.25) is 0 Å². The van der Waals surface area contributed by atoms with E-state index >= 15 is 0 Å². The summed E-state index contributed by atoms with van der Waals surface area (Å²) in [4.78, 5) is 36.3. The Hall–Kier alpha value is -3.16. The van der Waals surface area contributed by atoms with E-state index in [-0.39, 0.29) is 12.1 Å². The van der Waals surface area contributed by atoms with Crippen LogP contribution in [0.4, 0.5) is 5.69 Å². The smallest absolute Gasteiger partial charge is 0.346 e. The van der Waals surface area contributed by atoms with E-state index in [0.29, 0.717) is 12.1 Å². The maximum atomic E-state index is 12.2. The van der Waals surface area contributed by atoms with Crippen molar-refractivity contribution in [2.24, 2.45) is 0 Å². The molecule has 0 bridgehead atoms. The zero-order valence-corrected chi connectivity index (χ0v) is 13.3. The lowest BCUT2D eigenvalue weighted by Crippen LogP contribution is -2.29. The van der Waals surface area contributed by atoms with Crippen molar-refractivity contribution >= 4 is 11.6 Å². The van der Waals surface area contributed by atoms with Gasteiger partial charge in [-0.25, -0.2) is 0 Å². The molecule has 0 saturated carbocycles. The summed E-state index contributed by atoms with van der Waals surface area (Å²) in [6, 6.07) is 8.64. The highest BCUT2D eigenvalue weighted by molar-refractivity contribution is 5.98. The molecule has 2 rings (SSSR count). The van der Waals surface area contributed by atoms with Crippen molar-refractivity contribution in [3.63, 3.8) is 0 Å². The zero-order chi connectivity index (χ0) is 17.7. The molecule has 1 aromatic carbocycles. The van der Waals surface area contributed by atoms with Gasteiger partial charge >= 0.3 is 11.2 Å². The Balaban J connectivity index is 2.07. The number of methoxy groups -OCH3 is 1. The van der Waals surface area contributed by atoms with Crippen molar-refractivity contribution in [1.29, 1.82) is 0 Å². The number of hydrogen-bond acceptors (Lipinski definition) is 5. The SMILES string of the molecule is COc1ccc(CCNC(=O)c2cc(C)[nH]c(=O)c2[N+](=O)[O-])cc1. The minimum atomic E-state index is -0.889. The topological polar surface area (TPSA) is 114 Å². The molecule has 0 aliphatic rings. The fraction of sp³-hybridized carbons (Fsp3) is 0.250. The van der Waals surface area contributed by atoms with Gasteiger partial charge in [-0.2, -0.15) is 0 Å². The van der Waals surface area contributed by atoms with E-state index in [1.807, 2.05) is 24.3 Å². The molecular weight excluding hydrogens is 314 g/mol. The van der Waals surface area contributed by atoms with Crippen LogP contribution in [0, 0.1) is 17.0 Å². The van der Waals surface area contributed by atoms with E-state index in [1.54, 1.807) is 14.0 Å². The number of aryl methyl sites for hydroxylation is 1. The van der Waals surface area contributed by atoms with Crippen LogP contribution in [-0.2, 0) is 6.42 Å². The van der Waals surface area contributed by atoms with Gasteiger partial charge in [0.25, 0.3) is 5.91 Å². The van der Waals surface area contributed by atoms with Crippen molar-refractivity contribution in [2.75, 3.05) is 13.7 Å². The third kappa shape index (κ3) is 3.97. The zero-order valence-electron chi connectivity index (χ0n) is 13.3. The molecule has 1 amide bonds. The highest BCUT2D eigenvalue weighted by Gasteiger charge is 2.24. The average Bonchev–Trinajstić information content (AvgIpc) is 2.54. The van der Waals surface area contributed by atoms with Crippen LogP contribution in [0.5, 0.6) is 5.75 Å². The van der Waals surface area contributed by atoms with Crippen molar-refractivity contribution in [3.8, 4) is 5.75 Å². The number of ether oxygens (including phenoxy) is 1. The largest absolute Gasteiger partial charge is 0.497 e. The minimum Gasteiger partial charge on any atom is -0.497 e. The van der Waals surface area contributed by atoms with E-state index in [2.05, 4.69) is 10.3 Å². The highest BCUT2D eigenvalue weighted by atomic mass is 16.6. The van der Waals surface area contributed by atoms with Gasteiger partial charge in [0.2, 0.25) is 0 Å². The second kappa shape index (κ2) is 7.40. The number of nitro groups is 1. The summed E-state index contributed by atoms with van der Waals surface area (Å²) in [5.41, 5.74) is -0.516. The third-order valence-electron chi connectivity index (χ3n) is 3.43. The number of benzene rings is 1. The van der Waals surface area contributed by atoms with Crippen LogP contribution < -0.4 is 15.6 Å². The molecule has 0 radical (unpaired) electrons. The van der Waals surface area contributed by atoms with Crippen molar-refractivity contribution < 1.29 is 14.5 Å². The van der Waals surface area contributed by atoms with Crippen LogP contribution in [0.1, 0.15) is 21.6 Å². The lowest BCUT2D eigenvalue weighted by Gasteiger charge is -2.07. The molecule has 24 heavy (non-hydrogen) atoms. The Morgan fingerprint density at radius 2 is 2.00 bits per heavy atom. The van der Waals surface area contributed by atoms with Crippen LogP contribution >= 0.6 is 0 Å². The molecule has 8 heteroatoms. The Kier molecular flexibility index (Phi) is 5.31. The highest BCUT2D eigenvalue weighted by Crippen LogP contribution is 2.14. The maximum absolute atomic E-state index is 12.2. The lowest BCUT2D eigenvalue weighted by molar-refractivity contribution is -0.386. The third-order valence-corrected chi connectivity index (χ3v) is 3.43. The molecule has 0 aliphatic carbocycles. The molecule has 1 aromatic heterocycles. The van der Waals surface area contributed by atoms with Gasteiger partial charge in [0.1, 0.15) is 11.3 Å². The molecule has 2 N–H and O–H groups in total. The van der Waals surface area contributed by atoms with E-state index in [0.717, 1.165) is 11.3 Å². The van der Waals surface area contributed by atoms with Gasteiger partial charge in [-0.15, -0.1) is 0 Å². The second-order valence-electron chi connectivity index (χ2n) is 5.15. The number of H-pyrrole nitrogens is 1. The molecule has 0 saturated heterocycles. The Bertz CT molecular complexity index is 811. The normalized spacial score (nSPS) is 10.2. The summed E-state index contributed by atoms with van der Waals surface area (Å²) in [5.74, 6) is 0.0850. The fourth-order valence-electron chi connectivity index (χ4n) is 2.24. The van der Waals surface area contributed by atoms with Gasteiger partial charge in [-0.3, -0.25) is 19.7 Å². The monoisotopic (exact) mass is 331 g/mol. The number of hydrogen-bond donors (Lipinski definition) is 2. The number of aromatic nitrogens is 1. The predicted octanol–water partition coefficient (Wildman–Crippen LogP) is 1.57. The minimum absolute atomic E-state index is 0.240. The molecule has 126 valence electrons. The fourth-order valence-corrected chi connectivity index (χ4v) is 2.24. The van der Waals surface area contributed by atoms with Crippen molar-refractivity contribution in [2.45, 2.75) is 13.3 Å². The lowest BCUT2D eigenvalue weighted by atomic mass is 10.1. The van der Waals surface area contributed by atoms with Gasteiger partial charge in [0.15, 0.2) is 0 Å². The Morgan fingerprint density at radius 1 is 1.33 bits per heavy atom.